The van der Waals surface area contributed by atoms with E-state index in [4.69, 9.17) is 18.6 Å². The third-order valence-electron chi connectivity index (χ3n) is 6.93. The molecule has 1 amide bonds. The number of pyridine rings is 1. The highest BCUT2D eigenvalue weighted by Crippen LogP contribution is 2.26. The molecule has 214 valence electrons. The van der Waals surface area contributed by atoms with Gasteiger partial charge in [0.2, 0.25) is 0 Å². The van der Waals surface area contributed by atoms with Crippen molar-refractivity contribution in [2.24, 2.45) is 0 Å². The van der Waals surface area contributed by atoms with Gasteiger partial charge in [-0.2, -0.15) is 8.42 Å². The summed E-state index contributed by atoms with van der Waals surface area (Å²) in [4.78, 5) is 21.2. The van der Waals surface area contributed by atoms with Crippen LogP contribution in [0.2, 0.25) is 0 Å². The first-order chi connectivity index (χ1) is 19.9. The number of rotatable bonds is 10. The van der Waals surface area contributed by atoms with E-state index in [1.54, 1.807) is 36.3 Å². The molecular formula is C31H33N3O6S. The Hall–Kier alpha value is -4.15. The Morgan fingerprint density at radius 1 is 0.878 bits per heavy atom. The van der Waals surface area contributed by atoms with E-state index in [9.17, 15) is 13.2 Å². The van der Waals surface area contributed by atoms with Crippen LogP contribution in [0.25, 0.3) is 22.2 Å². The molecule has 1 aliphatic rings. The van der Waals surface area contributed by atoms with Gasteiger partial charge in [-0.05, 0) is 42.0 Å². The van der Waals surface area contributed by atoms with Crippen molar-refractivity contribution in [3.63, 3.8) is 0 Å². The number of benzene rings is 3. The van der Waals surface area contributed by atoms with E-state index in [0.717, 1.165) is 33.6 Å². The largest absolute Gasteiger partial charge is 0.497 e. The molecule has 0 N–H and O–H groups in total. The molecule has 0 saturated carbocycles. The summed E-state index contributed by atoms with van der Waals surface area (Å²) in [7, 11) is -2.03. The van der Waals surface area contributed by atoms with Crippen LogP contribution >= 0.6 is 0 Å². The molecule has 0 bridgehead atoms. The van der Waals surface area contributed by atoms with Crippen molar-refractivity contribution in [3.05, 3.63) is 90.5 Å². The summed E-state index contributed by atoms with van der Waals surface area (Å²) in [5.74, 6) is 0.624. The highest BCUT2D eigenvalue weighted by Gasteiger charge is 2.22. The summed E-state index contributed by atoms with van der Waals surface area (Å²) in [6.07, 6.45) is -0.0982. The van der Waals surface area contributed by atoms with Crippen molar-refractivity contribution in [1.82, 2.24) is 9.88 Å². The molecule has 4 aromatic rings. The molecule has 0 radical (unpaired) electrons. The lowest BCUT2D eigenvalue weighted by molar-refractivity contribution is 0.0953. The number of piperazine rings is 1. The Labute approximate surface area is 240 Å². The maximum atomic E-state index is 12.5. The molecular weight excluding hydrogens is 542 g/mol. The zero-order chi connectivity index (χ0) is 28.7. The summed E-state index contributed by atoms with van der Waals surface area (Å²) in [5, 5.41) is 1.03. The van der Waals surface area contributed by atoms with E-state index in [1.165, 1.54) is 0 Å². The highest BCUT2D eigenvalue weighted by molar-refractivity contribution is 7.85. The molecule has 1 fully saturated rings. The number of aromatic nitrogens is 1. The van der Waals surface area contributed by atoms with E-state index in [2.05, 4.69) is 29.2 Å². The standard InChI is InChI=1S/C31H33N3O6S/c1-38-28-13-15-30-26(22-28)10-14-29(32-30)25-8-11-27(12-9-25)33-16-18-34(19-17-33)31(35)39-20-5-21-40-41(36,37)23-24-6-3-2-4-7-24/h2-4,6-15,22H,5,16-21,23H2,1H3. The van der Waals surface area contributed by atoms with Crippen molar-refractivity contribution >= 4 is 32.8 Å². The van der Waals surface area contributed by atoms with Gasteiger partial charge in [-0.3, -0.25) is 4.18 Å². The monoisotopic (exact) mass is 575 g/mol. The third-order valence-corrected chi connectivity index (χ3v) is 8.14. The molecule has 1 aromatic heterocycles. The zero-order valence-corrected chi connectivity index (χ0v) is 23.8. The second-order valence-corrected chi connectivity index (χ2v) is 11.4. The number of hydrogen-bond acceptors (Lipinski definition) is 8. The van der Waals surface area contributed by atoms with Gasteiger partial charge in [0.15, 0.2) is 0 Å². The van der Waals surface area contributed by atoms with Gasteiger partial charge in [0.1, 0.15) is 11.5 Å². The fourth-order valence-corrected chi connectivity index (χ4v) is 5.75. The van der Waals surface area contributed by atoms with Gasteiger partial charge in [0, 0.05) is 49.2 Å². The number of hydrogen-bond donors (Lipinski definition) is 0. The Morgan fingerprint density at radius 2 is 1.63 bits per heavy atom. The van der Waals surface area contributed by atoms with Crippen molar-refractivity contribution in [2.45, 2.75) is 12.2 Å². The predicted molar refractivity (Wildman–Crippen MR) is 158 cm³/mol. The number of ether oxygens (including phenoxy) is 2. The number of anilines is 1. The Bertz CT molecular complexity index is 1570. The maximum Gasteiger partial charge on any atom is 0.409 e. The first kappa shape index (κ1) is 28.4. The molecule has 0 aliphatic carbocycles. The molecule has 2 heterocycles. The fraction of sp³-hybridized carbons (Fsp3) is 0.290. The van der Waals surface area contributed by atoms with E-state index < -0.39 is 16.2 Å². The number of fused-ring (bicyclic) bond motifs is 1. The second kappa shape index (κ2) is 13.0. The first-order valence-corrected chi connectivity index (χ1v) is 15.1. The summed E-state index contributed by atoms with van der Waals surface area (Å²) in [6, 6.07) is 27.0. The number of methoxy groups -OCH3 is 1. The average Bonchev–Trinajstić information content (AvgIpc) is 3.00. The van der Waals surface area contributed by atoms with Crippen LogP contribution in [0.3, 0.4) is 0 Å². The van der Waals surface area contributed by atoms with E-state index >= 15 is 0 Å². The van der Waals surface area contributed by atoms with Crippen LogP contribution in [-0.2, 0) is 24.8 Å². The molecule has 1 aliphatic heterocycles. The normalized spacial score (nSPS) is 13.8. The first-order valence-electron chi connectivity index (χ1n) is 13.5. The minimum atomic E-state index is -3.68. The summed E-state index contributed by atoms with van der Waals surface area (Å²) >= 11 is 0. The topological polar surface area (TPSA) is 98.3 Å². The van der Waals surface area contributed by atoms with Gasteiger partial charge in [0.25, 0.3) is 10.1 Å². The molecule has 9 nitrogen and oxygen atoms in total. The molecule has 0 atom stereocenters. The van der Waals surface area contributed by atoms with Crippen LogP contribution in [0.4, 0.5) is 10.5 Å². The number of carbonyl (C=O) groups excluding carboxylic acids is 1. The number of amides is 1. The van der Waals surface area contributed by atoms with E-state index in [0.29, 0.717) is 38.2 Å². The van der Waals surface area contributed by atoms with Crippen LogP contribution in [-0.4, -0.2) is 70.9 Å². The molecule has 0 spiro atoms. The van der Waals surface area contributed by atoms with Crippen LogP contribution in [0.1, 0.15) is 12.0 Å². The van der Waals surface area contributed by atoms with Gasteiger partial charge in [0.05, 0.1) is 31.5 Å². The maximum absolute atomic E-state index is 12.5. The van der Waals surface area contributed by atoms with Crippen LogP contribution in [0.15, 0.2) is 84.9 Å². The summed E-state index contributed by atoms with van der Waals surface area (Å²) < 4.78 is 39.9. The van der Waals surface area contributed by atoms with E-state index in [1.807, 2.05) is 36.4 Å². The quantitative estimate of drug-likeness (QED) is 0.190. The Kier molecular flexibility index (Phi) is 9.01. The average molecular weight is 576 g/mol. The van der Waals surface area contributed by atoms with Gasteiger partial charge >= 0.3 is 6.09 Å². The lowest BCUT2D eigenvalue weighted by atomic mass is 10.1. The number of nitrogens with zero attached hydrogens (tertiary/aromatic N) is 3. The second-order valence-electron chi connectivity index (χ2n) is 9.75. The predicted octanol–water partition coefficient (Wildman–Crippen LogP) is 5.11. The van der Waals surface area contributed by atoms with Crippen LogP contribution in [0, 0.1) is 0 Å². The molecule has 41 heavy (non-hydrogen) atoms. The van der Waals surface area contributed by atoms with Crippen molar-refractivity contribution in [2.75, 3.05) is 51.4 Å². The molecule has 5 rings (SSSR count). The number of carbonyl (C=O) groups is 1. The minimum absolute atomic E-state index is 0.0321. The van der Waals surface area contributed by atoms with Crippen LogP contribution in [0.5, 0.6) is 5.75 Å². The minimum Gasteiger partial charge on any atom is -0.497 e. The SMILES string of the molecule is COc1ccc2nc(-c3ccc(N4CCN(C(=O)OCCCOS(=O)(=O)Cc5ccccc5)CC4)cc3)ccc2c1. The molecule has 10 heteroatoms. The lowest BCUT2D eigenvalue weighted by Gasteiger charge is -2.35. The van der Waals surface area contributed by atoms with Gasteiger partial charge < -0.3 is 19.3 Å². The fourth-order valence-electron chi connectivity index (χ4n) is 4.70. The lowest BCUT2D eigenvalue weighted by Crippen LogP contribution is -2.49. The summed E-state index contributed by atoms with van der Waals surface area (Å²) in [5.41, 5.74) is 4.60. The molecule has 1 saturated heterocycles. The highest BCUT2D eigenvalue weighted by atomic mass is 32.2. The third kappa shape index (κ3) is 7.53. The molecule has 3 aromatic carbocycles. The molecule has 0 unspecified atom stereocenters. The van der Waals surface area contributed by atoms with Crippen molar-refractivity contribution in [1.29, 1.82) is 0 Å². The van der Waals surface area contributed by atoms with Gasteiger partial charge in [-0.1, -0.05) is 48.5 Å². The van der Waals surface area contributed by atoms with Crippen molar-refractivity contribution in [3.8, 4) is 17.0 Å². The van der Waals surface area contributed by atoms with E-state index in [-0.39, 0.29) is 19.0 Å². The van der Waals surface area contributed by atoms with Gasteiger partial charge in [-0.15, -0.1) is 0 Å². The van der Waals surface area contributed by atoms with Crippen LogP contribution < -0.4 is 9.64 Å². The summed E-state index contributed by atoms with van der Waals surface area (Å²) in [6.45, 7) is 2.51. The van der Waals surface area contributed by atoms with Gasteiger partial charge in [-0.25, -0.2) is 9.78 Å². The Balaban J connectivity index is 1.04. The smallest absolute Gasteiger partial charge is 0.409 e. The van der Waals surface area contributed by atoms with Crippen molar-refractivity contribution < 1.29 is 26.9 Å². The Morgan fingerprint density at radius 3 is 2.37 bits per heavy atom. The zero-order valence-electron chi connectivity index (χ0n) is 22.9.